The third kappa shape index (κ3) is 6.65. The molecule has 12 heteroatoms. The van der Waals surface area contributed by atoms with Crippen molar-refractivity contribution in [2.45, 2.75) is 56.5 Å². The number of benzene rings is 2. The molecule has 0 aliphatic carbocycles. The molecule has 11 nitrogen and oxygen atoms in total. The number of aromatic nitrogens is 3. The highest BCUT2D eigenvalue weighted by molar-refractivity contribution is 5.80. The quantitative estimate of drug-likeness (QED) is 0.395. The Balaban J connectivity index is 1.07. The topological polar surface area (TPSA) is 137 Å². The molecule has 3 aliphatic rings. The largest absolute Gasteiger partial charge is 0.486 e. The Morgan fingerprint density at radius 1 is 1.14 bits per heavy atom. The van der Waals surface area contributed by atoms with Crippen LogP contribution in [0.2, 0.25) is 0 Å². The van der Waals surface area contributed by atoms with Gasteiger partial charge >= 0.3 is 0 Å². The minimum atomic E-state index is -1.45. The summed E-state index contributed by atoms with van der Waals surface area (Å²) < 4.78 is 26.1. The zero-order chi connectivity index (χ0) is 30.6. The van der Waals surface area contributed by atoms with Gasteiger partial charge in [0.15, 0.2) is 12.0 Å². The van der Waals surface area contributed by atoms with E-state index in [4.69, 9.17) is 9.47 Å². The molecular formula is C32H36FN7O4. The van der Waals surface area contributed by atoms with Gasteiger partial charge in [0.1, 0.15) is 30.4 Å². The third-order valence-electron chi connectivity index (χ3n) is 8.66. The van der Waals surface area contributed by atoms with E-state index >= 15 is 0 Å². The van der Waals surface area contributed by atoms with Gasteiger partial charge in [0.25, 0.3) is 5.91 Å². The van der Waals surface area contributed by atoms with Crippen LogP contribution in [0, 0.1) is 11.3 Å². The molecule has 3 saturated heterocycles. The molecular weight excluding hydrogens is 565 g/mol. The number of alkyl halides is 1. The van der Waals surface area contributed by atoms with Crippen LogP contribution < -0.4 is 10.1 Å². The van der Waals surface area contributed by atoms with Crippen molar-refractivity contribution in [3.05, 3.63) is 59.9 Å². The number of aliphatic hydroxyl groups excluding tert-OH is 1. The van der Waals surface area contributed by atoms with E-state index < -0.39 is 24.3 Å². The van der Waals surface area contributed by atoms with Crippen molar-refractivity contribution in [2.75, 3.05) is 44.7 Å². The number of carbonyl (C=O) groups is 1. The van der Waals surface area contributed by atoms with E-state index in [2.05, 4.69) is 43.4 Å². The van der Waals surface area contributed by atoms with Gasteiger partial charge in [-0.25, -0.2) is 14.4 Å². The smallest absolute Gasteiger partial charge is 0.251 e. The minimum absolute atomic E-state index is 0.173. The van der Waals surface area contributed by atoms with Gasteiger partial charge in [0.05, 0.1) is 31.4 Å². The molecule has 1 amide bonds. The summed E-state index contributed by atoms with van der Waals surface area (Å²) in [6.45, 7) is 5.38. The second-order valence-electron chi connectivity index (χ2n) is 11.6. The van der Waals surface area contributed by atoms with Crippen LogP contribution >= 0.6 is 0 Å². The van der Waals surface area contributed by atoms with E-state index in [1.54, 1.807) is 18.2 Å². The molecule has 3 atom stereocenters. The molecule has 2 aromatic carbocycles. The van der Waals surface area contributed by atoms with Crippen molar-refractivity contribution < 1.29 is 23.8 Å². The number of anilines is 2. The Bertz CT molecular complexity index is 1500. The first-order valence-electron chi connectivity index (χ1n) is 15.1. The summed E-state index contributed by atoms with van der Waals surface area (Å²) in [7, 11) is 0. The highest BCUT2D eigenvalue weighted by Gasteiger charge is 2.34. The molecule has 0 saturated carbocycles. The SMILES string of the molecule is C[C@H](O)C(=O)N1CC[C@H](Oc2ccc(-c3ncnc(Nc4ccc(C5CCN(C6COC6)CC5)cc4)n3)cc2C#N)[C@@H](F)C1. The Morgan fingerprint density at radius 2 is 1.91 bits per heavy atom. The molecule has 3 aliphatic heterocycles. The third-order valence-corrected chi connectivity index (χ3v) is 8.66. The van der Waals surface area contributed by atoms with Crippen molar-refractivity contribution in [2.24, 2.45) is 0 Å². The van der Waals surface area contributed by atoms with Crippen molar-refractivity contribution in [3.8, 4) is 23.2 Å². The van der Waals surface area contributed by atoms with E-state index in [9.17, 15) is 19.6 Å². The number of rotatable bonds is 8. The van der Waals surface area contributed by atoms with Crippen LogP contribution in [0.15, 0.2) is 48.8 Å². The maximum atomic E-state index is 14.9. The summed E-state index contributed by atoms with van der Waals surface area (Å²) in [6.07, 6.45) is 0.484. The number of piperidine rings is 2. The number of likely N-dealkylation sites (tertiary alicyclic amines) is 2. The van der Waals surface area contributed by atoms with Crippen molar-refractivity contribution in [1.29, 1.82) is 5.26 Å². The maximum Gasteiger partial charge on any atom is 0.251 e. The first-order chi connectivity index (χ1) is 21.4. The van der Waals surface area contributed by atoms with Crippen LogP contribution in [-0.2, 0) is 9.53 Å². The highest BCUT2D eigenvalue weighted by atomic mass is 19.1. The zero-order valence-electron chi connectivity index (χ0n) is 24.6. The van der Waals surface area contributed by atoms with Gasteiger partial charge in [-0.2, -0.15) is 10.2 Å². The number of hydrogen-bond acceptors (Lipinski definition) is 10. The molecule has 3 aromatic rings. The molecule has 0 bridgehead atoms. The summed E-state index contributed by atoms with van der Waals surface area (Å²) in [4.78, 5) is 28.9. The molecule has 44 heavy (non-hydrogen) atoms. The van der Waals surface area contributed by atoms with Crippen molar-refractivity contribution >= 4 is 17.5 Å². The molecule has 6 rings (SSSR count). The lowest BCUT2D eigenvalue weighted by molar-refractivity contribution is -0.143. The van der Waals surface area contributed by atoms with Gasteiger partial charge in [-0.15, -0.1) is 0 Å². The Labute approximate surface area is 255 Å². The van der Waals surface area contributed by atoms with E-state index in [1.807, 2.05) is 12.1 Å². The van der Waals surface area contributed by atoms with Crippen LogP contribution in [0.5, 0.6) is 5.75 Å². The number of nitrogens with zero attached hydrogens (tertiary/aromatic N) is 6. The van der Waals surface area contributed by atoms with Crippen LogP contribution in [0.25, 0.3) is 11.4 Å². The number of aliphatic hydroxyl groups is 1. The fourth-order valence-electron chi connectivity index (χ4n) is 6.00. The van der Waals surface area contributed by atoms with Crippen LogP contribution in [0.1, 0.15) is 43.2 Å². The molecule has 0 spiro atoms. The van der Waals surface area contributed by atoms with E-state index in [0.717, 1.165) is 44.8 Å². The summed E-state index contributed by atoms with van der Waals surface area (Å²) in [5.74, 6) is 1.03. The number of nitriles is 1. The van der Waals surface area contributed by atoms with E-state index in [1.165, 1.54) is 23.7 Å². The zero-order valence-corrected chi connectivity index (χ0v) is 24.6. The highest BCUT2D eigenvalue weighted by Crippen LogP contribution is 2.32. The molecule has 1 aromatic heterocycles. The molecule has 230 valence electrons. The summed E-state index contributed by atoms with van der Waals surface area (Å²) in [5.41, 5.74) is 3.00. The minimum Gasteiger partial charge on any atom is -0.486 e. The molecule has 0 radical (unpaired) electrons. The number of carbonyl (C=O) groups excluding carboxylic acids is 1. The summed E-state index contributed by atoms with van der Waals surface area (Å²) in [5, 5.41) is 22.6. The van der Waals surface area contributed by atoms with Crippen molar-refractivity contribution in [1.82, 2.24) is 24.8 Å². The number of hydrogen-bond donors (Lipinski definition) is 2. The molecule has 3 fully saturated rings. The summed E-state index contributed by atoms with van der Waals surface area (Å²) >= 11 is 0. The fourth-order valence-corrected chi connectivity index (χ4v) is 6.00. The molecule has 0 unspecified atom stereocenters. The lowest BCUT2D eigenvalue weighted by Crippen LogP contribution is -2.51. The summed E-state index contributed by atoms with van der Waals surface area (Å²) in [6, 6.07) is 16.0. The van der Waals surface area contributed by atoms with E-state index in [-0.39, 0.29) is 30.8 Å². The van der Waals surface area contributed by atoms with Gasteiger partial charge in [0.2, 0.25) is 5.95 Å². The second kappa shape index (κ2) is 13.2. The Morgan fingerprint density at radius 3 is 2.57 bits per heavy atom. The van der Waals surface area contributed by atoms with Gasteiger partial charge < -0.3 is 24.8 Å². The first kappa shape index (κ1) is 29.9. The van der Waals surface area contributed by atoms with E-state index in [0.29, 0.717) is 29.3 Å². The number of halogens is 1. The normalized spacial score (nSPS) is 22.1. The molecule has 2 N–H and O–H groups in total. The van der Waals surface area contributed by atoms with Crippen LogP contribution in [0.3, 0.4) is 0 Å². The lowest BCUT2D eigenvalue weighted by atomic mass is 9.88. The number of ether oxygens (including phenoxy) is 2. The standard InChI is InChI=1S/C32H36FN7O4/c1-20(41)31(42)40-13-10-29(27(33)16-40)44-28-7-4-23(14-24(28)15-34)30-35-19-36-32(38-30)37-25-5-2-21(3-6-25)22-8-11-39(12-9-22)26-17-43-18-26/h2-7,14,19-20,22,26-27,29,41H,8-13,16-18H2,1H3,(H,35,36,37,38)/t20-,27-,29-/m0/s1. The molecule has 4 heterocycles. The monoisotopic (exact) mass is 601 g/mol. The second-order valence-corrected chi connectivity index (χ2v) is 11.6. The first-order valence-corrected chi connectivity index (χ1v) is 15.1. The van der Waals surface area contributed by atoms with Gasteiger partial charge in [0, 0.05) is 24.2 Å². The van der Waals surface area contributed by atoms with Crippen LogP contribution in [-0.4, -0.2) is 99.6 Å². The van der Waals surface area contributed by atoms with Crippen LogP contribution in [0.4, 0.5) is 16.0 Å². The Kier molecular flexibility index (Phi) is 8.97. The maximum absolute atomic E-state index is 14.9. The van der Waals surface area contributed by atoms with Gasteiger partial charge in [-0.05, 0) is 74.7 Å². The Hall–Kier alpha value is -4.18. The van der Waals surface area contributed by atoms with Gasteiger partial charge in [-0.1, -0.05) is 12.1 Å². The average Bonchev–Trinajstić information content (AvgIpc) is 3.02. The lowest BCUT2D eigenvalue weighted by Gasteiger charge is -2.41. The fraction of sp³-hybridized carbons (Fsp3) is 0.469. The predicted octanol–water partition coefficient (Wildman–Crippen LogP) is 3.43. The van der Waals surface area contributed by atoms with Crippen molar-refractivity contribution in [3.63, 3.8) is 0 Å². The predicted molar refractivity (Wildman–Crippen MR) is 160 cm³/mol. The van der Waals surface area contributed by atoms with Gasteiger partial charge in [-0.3, -0.25) is 9.69 Å². The average molecular weight is 602 g/mol. The number of nitrogens with one attached hydrogen (secondary N) is 1. The number of amides is 1.